The number of fused-ring (bicyclic) bond motifs is 1. The second-order valence-corrected chi connectivity index (χ2v) is 6.32. The van der Waals surface area contributed by atoms with Gasteiger partial charge in [0, 0.05) is 16.7 Å². The van der Waals surface area contributed by atoms with E-state index >= 15 is 0 Å². The molecule has 2 aromatic heterocycles. The molecule has 1 aliphatic rings. The lowest BCUT2D eigenvalue weighted by Gasteiger charge is -2.02. The van der Waals surface area contributed by atoms with E-state index in [-0.39, 0.29) is 5.56 Å². The van der Waals surface area contributed by atoms with E-state index in [9.17, 15) is 4.79 Å². The smallest absolute Gasteiger partial charge is 0.254 e. The van der Waals surface area contributed by atoms with Gasteiger partial charge in [0.2, 0.25) is 0 Å². The first-order chi connectivity index (χ1) is 8.72. The highest BCUT2D eigenvalue weighted by atomic mass is 32.2. The Morgan fingerprint density at radius 2 is 2.33 bits per heavy atom. The zero-order valence-corrected chi connectivity index (χ0v) is 11.7. The lowest BCUT2D eigenvalue weighted by Crippen LogP contribution is -2.14. The van der Waals surface area contributed by atoms with Gasteiger partial charge in [0.15, 0.2) is 5.16 Å². The van der Waals surface area contributed by atoms with Crippen LogP contribution in [0.2, 0.25) is 0 Å². The zero-order valence-electron chi connectivity index (χ0n) is 10.0. The Bertz CT molecular complexity index is 632. The van der Waals surface area contributed by atoms with Crippen LogP contribution in [0.3, 0.4) is 0 Å². The van der Waals surface area contributed by atoms with Crippen LogP contribution in [0.25, 0.3) is 0 Å². The van der Waals surface area contributed by atoms with Crippen LogP contribution in [0.4, 0.5) is 0 Å². The van der Waals surface area contributed by atoms with Gasteiger partial charge < -0.3 is 4.98 Å². The summed E-state index contributed by atoms with van der Waals surface area (Å²) in [5.41, 5.74) is 2.94. The summed E-state index contributed by atoms with van der Waals surface area (Å²) in [6.45, 7) is 1.99. The summed E-state index contributed by atoms with van der Waals surface area (Å²) < 4.78 is 0. The molecule has 0 bridgehead atoms. The maximum Gasteiger partial charge on any atom is 0.254 e. The number of aromatic amines is 1. The molecule has 0 fully saturated rings. The molecule has 0 amide bonds. The minimum Gasteiger partial charge on any atom is -0.301 e. The molecule has 0 unspecified atom stereocenters. The second-order valence-electron chi connectivity index (χ2n) is 4.30. The van der Waals surface area contributed by atoms with E-state index in [1.54, 1.807) is 23.1 Å². The lowest BCUT2D eigenvalue weighted by molar-refractivity contribution is 0.869. The first-order valence-corrected chi connectivity index (χ1v) is 7.75. The Kier molecular flexibility index (Phi) is 3.22. The molecule has 0 radical (unpaired) electrons. The fourth-order valence-electron chi connectivity index (χ4n) is 2.10. The average molecular weight is 279 g/mol. The van der Waals surface area contributed by atoms with Crippen LogP contribution >= 0.6 is 23.1 Å². The largest absolute Gasteiger partial charge is 0.301 e. The third-order valence-corrected chi connectivity index (χ3v) is 4.67. The van der Waals surface area contributed by atoms with Gasteiger partial charge in [0.25, 0.3) is 5.56 Å². The third kappa shape index (κ3) is 2.35. The number of thioether (sulfide) groups is 1. The number of rotatable bonds is 3. The molecule has 3 rings (SSSR count). The molecule has 2 heterocycles. The maximum atomic E-state index is 11.8. The monoisotopic (exact) mass is 279 g/mol. The van der Waals surface area contributed by atoms with Gasteiger partial charge in [-0.1, -0.05) is 11.8 Å². The van der Waals surface area contributed by atoms with Gasteiger partial charge in [0.1, 0.15) is 0 Å². The molecule has 94 valence electrons. The molecular weight excluding hydrogens is 266 g/mol. The number of aromatic nitrogens is 3. The molecule has 0 spiro atoms. The van der Waals surface area contributed by atoms with Crippen molar-refractivity contribution in [3.63, 3.8) is 0 Å². The summed E-state index contributed by atoms with van der Waals surface area (Å²) >= 11 is 3.19. The van der Waals surface area contributed by atoms with E-state index in [0.29, 0.717) is 5.16 Å². The number of hydrogen-bond acceptors (Lipinski definition) is 5. The fraction of sp³-hybridized carbons (Fsp3) is 0.417. The predicted molar refractivity (Wildman–Crippen MR) is 73.3 cm³/mol. The predicted octanol–water partition coefficient (Wildman–Crippen LogP) is 2.32. The van der Waals surface area contributed by atoms with E-state index in [1.165, 1.54) is 0 Å². The molecule has 0 atom stereocenters. The van der Waals surface area contributed by atoms with E-state index in [2.05, 4.69) is 15.0 Å². The van der Waals surface area contributed by atoms with Crippen LogP contribution in [0.15, 0.2) is 15.3 Å². The summed E-state index contributed by atoms with van der Waals surface area (Å²) in [6.07, 6.45) is 2.85. The highest BCUT2D eigenvalue weighted by molar-refractivity contribution is 7.98. The summed E-state index contributed by atoms with van der Waals surface area (Å²) in [5, 5.41) is 3.83. The molecule has 4 nitrogen and oxygen atoms in total. The summed E-state index contributed by atoms with van der Waals surface area (Å²) in [7, 11) is 0. The zero-order chi connectivity index (χ0) is 12.5. The minimum absolute atomic E-state index is 0.0365. The lowest BCUT2D eigenvalue weighted by atomic mass is 10.3. The van der Waals surface area contributed by atoms with Crippen LogP contribution in [0.5, 0.6) is 0 Å². The molecule has 0 saturated heterocycles. The third-order valence-electron chi connectivity index (χ3n) is 2.94. The highest BCUT2D eigenvalue weighted by Gasteiger charge is 2.17. The van der Waals surface area contributed by atoms with Crippen molar-refractivity contribution in [1.82, 2.24) is 15.0 Å². The van der Waals surface area contributed by atoms with Crippen molar-refractivity contribution >= 4 is 23.1 Å². The van der Waals surface area contributed by atoms with Gasteiger partial charge in [-0.3, -0.25) is 4.79 Å². The quantitative estimate of drug-likeness (QED) is 0.692. The van der Waals surface area contributed by atoms with Crippen molar-refractivity contribution in [2.24, 2.45) is 0 Å². The number of nitrogens with zero attached hydrogens (tertiary/aromatic N) is 2. The standard InChI is InChI=1S/C12H13N3OS2/c1-7-13-8(5-17-7)6-18-12-14-10-4-2-3-9(10)11(16)15-12/h5H,2-4,6H2,1H3,(H,14,15,16). The Morgan fingerprint density at radius 3 is 3.11 bits per heavy atom. The second kappa shape index (κ2) is 4.85. The Labute approximate surface area is 113 Å². The van der Waals surface area contributed by atoms with Gasteiger partial charge in [-0.15, -0.1) is 11.3 Å². The molecule has 1 aliphatic carbocycles. The van der Waals surface area contributed by atoms with Crippen LogP contribution in [-0.2, 0) is 18.6 Å². The molecule has 1 N–H and O–H groups in total. The Hall–Kier alpha value is -1.14. The Balaban J connectivity index is 1.77. The van der Waals surface area contributed by atoms with Gasteiger partial charge in [0.05, 0.1) is 16.4 Å². The maximum absolute atomic E-state index is 11.8. The van der Waals surface area contributed by atoms with E-state index < -0.39 is 0 Å². The van der Waals surface area contributed by atoms with Crippen molar-refractivity contribution in [3.05, 3.63) is 37.7 Å². The van der Waals surface area contributed by atoms with Crippen molar-refractivity contribution in [3.8, 4) is 0 Å². The first kappa shape index (κ1) is 11.9. The van der Waals surface area contributed by atoms with Crippen LogP contribution in [0, 0.1) is 6.92 Å². The molecule has 0 aromatic carbocycles. The Morgan fingerprint density at radius 1 is 1.44 bits per heavy atom. The van der Waals surface area contributed by atoms with Crippen molar-refractivity contribution in [2.75, 3.05) is 0 Å². The summed E-state index contributed by atoms with van der Waals surface area (Å²) in [4.78, 5) is 23.6. The number of hydrogen-bond donors (Lipinski definition) is 1. The number of aryl methyl sites for hydroxylation is 2. The highest BCUT2D eigenvalue weighted by Crippen LogP contribution is 2.22. The van der Waals surface area contributed by atoms with Crippen molar-refractivity contribution in [2.45, 2.75) is 37.1 Å². The van der Waals surface area contributed by atoms with Crippen LogP contribution in [-0.4, -0.2) is 15.0 Å². The van der Waals surface area contributed by atoms with Crippen molar-refractivity contribution < 1.29 is 0 Å². The van der Waals surface area contributed by atoms with Gasteiger partial charge in [-0.05, 0) is 26.2 Å². The minimum atomic E-state index is 0.0365. The van der Waals surface area contributed by atoms with Gasteiger partial charge in [-0.25, -0.2) is 9.97 Å². The molecule has 18 heavy (non-hydrogen) atoms. The van der Waals surface area contributed by atoms with Crippen molar-refractivity contribution in [1.29, 1.82) is 0 Å². The first-order valence-electron chi connectivity index (χ1n) is 5.88. The molecule has 0 saturated carbocycles. The van der Waals surface area contributed by atoms with Gasteiger partial charge >= 0.3 is 0 Å². The topological polar surface area (TPSA) is 58.6 Å². The molecule has 6 heteroatoms. The SMILES string of the molecule is Cc1nc(CSc2nc3c(c(=O)[nH]2)CCC3)cs1. The summed E-state index contributed by atoms with van der Waals surface area (Å²) in [6, 6.07) is 0. The van der Waals surface area contributed by atoms with E-state index in [0.717, 1.165) is 47.0 Å². The average Bonchev–Trinajstić information content (AvgIpc) is 2.95. The van der Waals surface area contributed by atoms with Gasteiger partial charge in [-0.2, -0.15) is 0 Å². The number of H-pyrrole nitrogens is 1. The fourth-order valence-corrected chi connectivity index (χ4v) is 3.59. The van der Waals surface area contributed by atoms with E-state index in [1.807, 2.05) is 12.3 Å². The number of nitrogens with one attached hydrogen (secondary N) is 1. The molecule has 2 aromatic rings. The van der Waals surface area contributed by atoms with Crippen LogP contribution < -0.4 is 5.56 Å². The van der Waals surface area contributed by atoms with E-state index in [4.69, 9.17) is 0 Å². The molecule has 0 aliphatic heterocycles. The summed E-state index contributed by atoms with van der Waals surface area (Å²) in [5.74, 6) is 0.756. The normalized spacial score (nSPS) is 13.8. The molecular formula is C12H13N3OS2. The number of thiazole rings is 1. The van der Waals surface area contributed by atoms with Crippen LogP contribution in [0.1, 0.15) is 28.4 Å².